The van der Waals surface area contributed by atoms with E-state index in [4.69, 9.17) is 0 Å². The van der Waals surface area contributed by atoms with Gasteiger partial charge in [-0.3, -0.25) is 4.90 Å². The van der Waals surface area contributed by atoms with E-state index in [2.05, 4.69) is 31.0 Å². The molecule has 0 saturated carbocycles. The van der Waals surface area contributed by atoms with Gasteiger partial charge in [0.2, 0.25) is 0 Å². The number of likely N-dealkylation sites (tertiary alicyclic amines) is 1. The zero-order chi connectivity index (χ0) is 10.2. The molecule has 0 unspecified atom stereocenters. The highest BCUT2D eigenvalue weighted by molar-refractivity contribution is 4.88. The number of nitrogens with one attached hydrogen (secondary N) is 1. The van der Waals surface area contributed by atoms with E-state index in [-0.39, 0.29) is 0 Å². The van der Waals surface area contributed by atoms with Gasteiger partial charge in [0.05, 0.1) is 0 Å². The summed E-state index contributed by atoms with van der Waals surface area (Å²) in [7, 11) is 0. The van der Waals surface area contributed by atoms with Gasteiger partial charge in [-0.2, -0.15) is 0 Å². The third kappa shape index (κ3) is 2.12. The van der Waals surface area contributed by atoms with Crippen LogP contribution in [0.25, 0.3) is 0 Å². The van der Waals surface area contributed by atoms with Crippen molar-refractivity contribution in [3.05, 3.63) is 0 Å². The van der Waals surface area contributed by atoms with Crippen LogP contribution in [0.1, 0.15) is 33.6 Å². The minimum absolute atomic E-state index is 0.378. The van der Waals surface area contributed by atoms with Crippen molar-refractivity contribution >= 4 is 0 Å². The summed E-state index contributed by atoms with van der Waals surface area (Å²) in [5.41, 5.74) is 0.378. The number of piperidine rings is 1. The Hall–Kier alpha value is -0.0800. The minimum atomic E-state index is 0.378. The van der Waals surface area contributed by atoms with Crippen LogP contribution in [0.4, 0.5) is 0 Å². The number of nitrogens with zero attached hydrogens (tertiary/aromatic N) is 1. The lowest BCUT2D eigenvalue weighted by Crippen LogP contribution is -2.52. The Morgan fingerprint density at radius 2 is 1.57 bits per heavy atom. The highest BCUT2D eigenvalue weighted by Gasteiger charge is 2.32. The average molecular weight is 196 g/mol. The van der Waals surface area contributed by atoms with Crippen LogP contribution < -0.4 is 5.32 Å². The predicted molar refractivity (Wildman–Crippen MR) is 60.4 cm³/mol. The Morgan fingerprint density at radius 1 is 1.00 bits per heavy atom. The third-order valence-electron chi connectivity index (χ3n) is 3.97. The molecule has 0 spiro atoms. The Balaban J connectivity index is 1.80. The first kappa shape index (κ1) is 10.4. The van der Waals surface area contributed by atoms with Gasteiger partial charge in [-0.25, -0.2) is 0 Å². The molecule has 2 aliphatic rings. The lowest BCUT2D eigenvalue weighted by molar-refractivity contribution is 0.0596. The second-order valence-electron chi connectivity index (χ2n) is 5.91. The van der Waals surface area contributed by atoms with Crippen LogP contribution in [-0.2, 0) is 0 Å². The lowest BCUT2D eigenvalue weighted by Gasteiger charge is -2.44. The third-order valence-corrected chi connectivity index (χ3v) is 3.97. The Kier molecular flexibility index (Phi) is 2.85. The first-order valence-electron chi connectivity index (χ1n) is 6.03. The SMILES string of the molecule is CC(C)(C)N1CCC(C2CNC2)CC1. The van der Waals surface area contributed by atoms with Crippen molar-refractivity contribution in [2.24, 2.45) is 11.8 Å². The molecule has 2 aliphatic heterocycles. The predicted octanol–water partition coefficient (Wildman–Crippen LogP) is 1.72. The van der Waals surface area contributed by atoms with E-state index in [1.807, 2.05) is 0 Å². The molecule has 2 saturated heterocycles. The molecular weight excluding hydrogens is 172 g/mol. The van der Waals surface area contributed by atoms with Crippen LogP contribution >= 0.6 is 0 Å². The minimum Gasteiger partial charge on any atom is -0.316 e. The Morgan fingerprint density at radius 3 is 1.93 bits per heavy atom. The molecule has 82 valence electrons. The normalized spacial score (nSPS) is 27.6. The number of hydrogen-bond acceptors (Lipinski definition) is 2. The van der Waals surface area contributed by atoms with E-state index < -0.39 is 0 Å². The van der Waals surface area contributed by atoms with Gasteiger partial charge in [0.1, 0.15) is 0 Å². The van der Waals surface area contributed by atoms with Gasteiger partial charge in [0.25, 0.3) is 0 Å². The van der Waals surface area contributed by atoms with Crippen LogP contribution in [0.15, 0.2) is 0 Å². The van der Waals surface area contributed by atoms with Crippen molar-refractivity contribution in [3.8, 4) is 0 Å². The molecule has 2 heteroatoms. The fourth-order valence-corrected chi connectivity index (χ4v) is 2.69. The molecule has 0 radical (unpaired) electrons. The molecule has 0 aliphatic carbocycles. The summed E-state index contributed by atoms with van der Waals surface area (Å²) in [6, 6.07) is 0. The lowest BCUT2D eigenvalue weighted by atomic mass is 9.80. The highest BCUT2D eigenvalue weighted by atomic mass is 15.2. The smallest absolute Gasteiger partial charge is 0.0125 e. The summed E-state index contributed by atoms with van der Waals surface area (Å²) in [6.45, 7) is 12.2. The summed E-state index contributed by atoms with van der Waals surface area (Å²) >= 11 is 0. The van der Waals surface area contributed by atoms with Crippen molar-refractivity contribution in [2.75, 3.05) is 26.2 Å². The van der Waals surface area contributed by atoms with Crippen molar-refractivity contribution in [1.82, 2.24) is 10.2 Å². The molecule has 14 heavy (non-hydrogen) atoms. The van der Waals surface area contributed by atoms with Crippen molar-refractivity contribution in [1.29, 1.82) is 0 Å². The summed E-state index contributed by atoms with van der Waals surface area (Å²) in [6.07, 6.45) is 2.84. The highest BCUT2D eigenvalue weighted by Crippen LogP contribution is 2.30. The maximum atomic E-state index is 3.39. The maximum absolute atomic E-state index is 3.39. The largest absolute Gasteiger partial charge is 0.316 e. The van der Waals surface area contributed by atoms with Crippen LogP contribution in [-0.4, -0.2) is 36.6 Å². The van der Waals surface area contributed by atoms with E-state index in [1.54, 1.807) is 0 Å². The molecule has 0 amide bonds. The zero-order valence-electron chi connectivity index (χ0n) is 9.84. The fourth-order valence-electron chi connectivity index (χ4n) is 2.69. The summed E-state index contributed by atoms with van der Waals surface area (Å²) in [5.74, 6) is 2.01. The standard InChI is InChI=1S/C12H24N2/c1-12(2,3)14-6-4-10(5-7-14)11-8-13-9-11/h10-11,13H,4-9H2,1-3H3. The first-order valence-corrected chi connectivity index (χ1v) is 6.03. The molecule has 2 fully saturated rings. The van der Waals surface area contributed by atoms with Crippen molar-refractivity contribution in [2.45, 2.75) is 39.2 Å². The quantitative estimate of drug-likeness (QED) is 0.687. The Bertz CT molecular complexity index is 183. The molecule has 1 N–H and O–H groups in total. The average Bonchev–Trinajstić information content (AvgIpc) is 2.00. The van der Waals surface area contributed by atoms with Crippen LogP contribution in [0.2, 0.25) is 0 Å². The molecule has 0 aromatic rings. The van der Waals surface area contributed by atoms with Gasteiger partial charge in [-0.1, -0.05) is 0 Å². The number of rotatable bonds is 1. The number of hydrogen-bond donors (Lipinski definition) is 1. The van der Waals surface area contributed by atoms with Crippen LogP contribution in [0.5, 0.6) is 0 Å². The van der Waals surface area contributed by atoms with Gasteiger partial charge < -0.3 is 5.32 Å². The molecule has 0 atom stereocenters. The van der Waals surface area contributed by atoms with Crippen LogP contribution in [0, 0.1) is 11.8 Å². The first-order chi connectivity index (χ1) is 6.57. The fraction of sp³-hybridized carbons (Fsp3) is 1.00. The van der Waals surface area contributed by atoms with Crippen molar-refractivity contribution < 1.29 is 0 Å². The molecule has 2 rings (SSSR count). The Labute approximate surface area is 88.1 Å². The molecule has 0 aromatic carbocycles. The van der Waals surface area contributed by atoms with E-state index >= 15 is 0 Å². The molecule has 2 nitrogen and oxygen atoms in total. The van der Waals surface area contributed by atoms with Gasteiger partial charge in [-0.15, -0.1) is 0 Å². The molecular formula is C12H24N2. The van der Waals surface area contributed by atoms with Gasteiger partial charge >= 0.3 is 0 Å². The van der Waals surface area contributed by atoms with Crippen molar-refractivity contribution in [3.63, 3.8) is 0 Å². The van der Waals surface area contributed by atoms with E-state index in [9.17, 15) is 0 Å². The topological polar surface area (TPSA) is 15.3 Å². The molecule has 2 heterocycles. The molecule has 0 aromatic heterocycles. The molecule has 0 bridgehead atoms. The second kappa shape index (κ2) is 3.82. The second-order valence-corrected chi connectivity index (χ2v) is 5.91. The summed E-state index contributed by atoms with van der Waals surface area (Å²) in [4.78, 5) is 2.63. The van der Waals surface area contributed by atoms with E-state index in [1.165, 1.54) is 39.0 Å². The summed E-state index contributed by atoms with van der Waals surface area (Å²) < 4.78 is 0. The van der Waals surface area contributed by atoms with E-state index in [0.717, 1.165) is 11.8 Å². The van der Waals surface area contributed by atoms with Gasteiger partial charge in [0, 0.05) is 5.54 Å². The van der Waals surface area contributed by atoms with Gasteiger partial charge in [-0.05, 0) is 71.6 Å². The zero-order valence-corrected chi connectivity index (χ0v) is 9.84. The van der Waals surface area contributed by atoms with Crippen LogP contribution in [0.3, 0.4) is 0 Å². The summed E-state index contributed by atoms with van der Waals surface area (Å²) in [5, 5.41) is 3.39. The maximum Gasteiger partial charge on any atom is 0.0125 e. The van der Waals surface area contributed by atoms with E-state index in [0.29, 0.717) is 5.54 Å². The monoisotopic (exact) mass is 196 g/mol. The van der Waals surface area contributed by atoms with Gasteiger partial charge in [0.15, 0.2) is 0 Å².